The van der Waals surface area contributed by atoms with Crippen LogP contribution in [0.5, 0.6) is 0 Å². The van der Waals surface area contributed by atoms with Crippen LogP contribution in [-0.2, 0) is 4.79 Å². The predicted molar refractivity (Wildman–Crippen MR) is 92.2 cm³/mol. The molecule has 0 aliphatic carbocycles. The van der Waals surface area contributed by atoms with E-state index in [9.17, 15) is 9.59 Å². The Bertz CT molecular complexity index is 662. The fourth-order valence-electron chi connectivity index (χ4n) is 2.60. The second-order valence-electron chi connectivity index (χ2n) is 5.55. The zero-order valence-corrected chi connectivity index (χ0v) is 13.6. The Morgan fingerprint density at radius 2 is 2.00 bits per heavy atom. The molecule has 0 atom stereocenters. The number of thiophene rings is 1. The molecule has 2 aromatic rings. The van der Waals surface area contributed by atoms with E-state index in [-0.39, 0.29) is 24.5 Å². The Labute approximate surface area is 139 Å². The molecule has 1 saturated heterocycles. The van der Waals surface area contributed by atoms with Crippen LogP contribution in [0.4, 0.5) is 11.5 Å². The fourth-order valence-corrected chi connectivity index (χ4v) is 3.30. The van der Waals surface area contributed by atoms with Gasteiger partial charge in [0.05, 0.1) is 16.8 Å². The van der Waals surface area contributed by atoms with E-state index in [1.165, 1.54) is 24.2 Å². The van der Waals surface area contributed by atoms with Crippen molar-refractivity contribution in [3.8, 4) is 0 Å². The number of ketones is 1. The van der Waals surface area contributed by atoms with Gasteiger partial charge in [0.2, 0.25) is 5.91 Å². The Kier molecular flexibility index (Phi) is 5.02. The van der Waals surface area contributed by atoms with E-state index >= 15 is 0 Å². The minimum Gasteiger partial charge on any atom is -0.357 e. The van der Waals surface area contributed by atoms with Crippen molar-refractivity contribution in [2.24, 2.45) is 0 Å². The first kappa shape index (κ1) is 15.7. The molecule has 3 heterocycles. The number of aromatic nitrogens is 1. The number of pyridine rings is 1. The number of Topliss-reactive ketones (excluding diaryl/α,β-unsaturated/α-hetero) is 1. The Morgan fingerprint density at radius 3 is 2.65 bits per heavy atom. The van der Waals surface area contributed by atoms with Crippen LogP contribution in [0.25, 0.3) is 0 Å². The maximum absolute atomic E-state index is 11.9. The van der Waals surface area contributed by atoms with E-state index in [0.717, 1.165) is 18.9 Å². The highest BCUT2D eigenvalue weighted by Gasteiger charge is 2.14. The molecule has 5 nitrogen and oxygen atoms in total. The first-order valence-corrected chi connectivity index (χ1v) is 8.68. The highest BCUT2D eigenvalue weighted by molar-refractivity contribution is 7.12. The van der Waals surface area contributed by atoms with Crippen molar-refractivity contribution in [2.75, 3.05) is 23.3 Å². The third-order valence-electron chi connectivity index (χ3n) is 3.84. The van der Waals surface area contributed by atoms with Crippen LogP contribution in [0, 0.1) is 0 Å². The van der Waals surface area contributed by atoms with Crippen molar-refractivity contribution in [1.82, 2.24) is 4.98 Å². The summed E-state index contributed by atoms with van der Waals surface area (Å²) >= 11 is 1.40. The van der Waals surface area contributed by atoms with E-state index in [4.69, 9.17) is 0 Å². The molecule has 3 rings (SSSR count). The lowest BCUT2D eigenvalue weighted by Crippen LogP contribution is -2.19. The minimum absolute atomic E-state index is 0.0117. The van der Waals surface area contributed by atoms with Crippen LogP contribution >= 0.6 is 11.3 Å². The Hall–Kier alpha value is -2.21. The van der Waals surface area contributed by atoms with Crippen LogP contribution < -0.4 is 10.2 Å². The van der Waals surface area contributed by atoms with Crippen LogP contribution in [0.1, 0.15) is 35.4 Å². The smallest absolute Gasteiger partial charge is 0.224 e. The van der Waals surface area contributed by atoms with E-state index < -0.39 is 0 Å². The van der Waals surface area contributed by atoms with Crippen molar-refractivity contribution in [3.63, 3.8) is 0 Å². The van der Waals surface area contributed by atoms with E-state index in [1.54, 1.807) is 12.3 Å². The molecular weight excluding hydrogens is 310 g/mol. The van der Waals surface area contributed by atoms with Crippen molar-refractivity contribution < 1.29 is 9.59 Å². The highest BCUT2D eigenvalue weighted by atomic mass is 32.1. The van der Waals surface area contributed by atoms with Gasteiger partial charge >= 0.3 is 0 Å². The molecular formula is C17H19N3O2S. The van der Waals surface area contributed by atoms with Gasteiger partial charge in [-0.05, 0) is 36.4 Å². The highest BCUT2D eigenvalue weighted by Crippen LogP contribution is 2.19. The number of carbonyl (C=O) groups excluding carboxylic acids is 2. The van der Waals surface area contributed by atoms with Crippen molar-refractivity contribution in [3.05, 3.63) is 40.7 Å². The standard InChI is InChI=1S/C17H19N3O2S/c21-14(15-4-3-11-23-15)6-8-17(22)19-13-5-7-16(18-12-13)20-9-1-2-10-20/h3-5,7,11-12H,1-2,6,8-10H2,(H,19,22). The largest absolute Gasteiger partial charge is 0.357 e. The number of nitrogens with zero attached hydrogens (tertiary/aromatic N) is 2. The van der Waals surface area contributed by atoms with Gasteiger partial charge in [-0.2, -0.15) is 0 Å². The number of hydrogen-bond donors (Lipinski definition) is 1. The summed E-state index contributed by atoms with van der Waals surface area (Å²) in [6.07, 6.45) is 4.50. The van der Waals surface area contributed by atoms with Gasteiger partial charge in [0.15, 0.2) is 5.78 Å². The fraction of sp³-hybridized carbons (Fsp3) is 0.353. The molecule has 1 amide bonds. The van der Waals surface area contributed by atoms with E-state index in [1.807, 2.05) is 23.6 Å². The summed E-state index contributed by atoms with van der Waals surface area (Å²) in [5.74, 6) is 0.802. The first-order valence-electron chi connectivity index (χ1n) is 7.80. The summed E-state index contributed by atoms with van der Waals surface area (Å²) in [5, 5.41) is 4.65. The first-order chi connectivity index (χ1) is 11.2. The maximum Gasteiger partial charge on any atom is 0.224 e. The summed E-state index contributed by atoms with van der Waals surface area (Å²) in [6.45, 7) is 2.09. The number of nitrogens with one attached hydrogen (secondary N) is 1. The Balaban J connectivity index is 1.48. The molecule has 6 heteroatoms. The summed E-state index contributed by atoms with van der Waals surface area (Å²) in [6, 6.07) is 7.41. The number of rotatable bonds is 6. The number of carbonyl (C=O) groups is 2. The van der Waals surface area contributed by atoms with Crippen LogP contribution in [0.15, 0.2) is 35.8 Å². The third kappa shape index (κ3) is 4.16. The van der Waals surface area contributed by atoms with Gasteiger partial charge in [-0.25, -0.2) is 4.98 Å². The van der Waals surface area contributed by atoms with E-state index in [2.05, 4.69) is 15.2 Å². The van der Waals surface area contributed by atoms with Gasteiger partial charge in [-0.1, -0.05) is 6.07 Å². The molecule has 1 N–H and O–H groups in total. The molecule has 0 aromatic carbocycles. The maximum atomic E-state index is 11.9. The second kappa shape index (κ2) is 7.37. The summed E-state index contributed by atoms with van der Waals surface area (Å²) in [4.78, 5) is 31.1. The average Bonchev–Trinajstić information content (AvgIpc) is 3.26. The normalized spacial score (nSPS) is 14.0. The SMILES string of the molecule is O=C(CCC(=O)c1cccs1)Nc1ccc(N2CCCC2)nc1. The van der Waals surface area contributed by atoms with Gasteiger partial charge in [-0.15, -0.1) is 11.3 Å². The average molecular weight is 329 g/mol. The zero-order valence-electron chi connectivity index (χ0n) is 12.8. The lowest BCUT2D eigenvalue weighted by molar-refractivity contribution is -0.116. The molecule has 0 unspecified atom stereocenters. The summed E-state index contributed by atoms with van der Waals surface area (Å²) in [7, 11) is 0. The topological polar surface area (TPSA) is 62.3 Å². The van der Waals surface area contributed by atoms with E-state index in [0.29, 0.717) is 10.6 Å². The molecule has 0 radical (unpaired) electrons. The molecule has 23 heavy (non-hydrogen) atoms. The lowest BCUT2D eigenvalue weighted by Gasteiger charge is -2.16. The lowest BCUT2D eigenvalue weighted by atomic mass is 10.2. The van der Waals surface area contributed by atoms with Crippen molar-refractivity contribution >= 4 is 34.5 Å². The molecule has 1 fully saturated rings. The molecule has 0 bridgehead atoms. The van der Waals surface area contributed by atoms with Gasteiger partial charge in [0, 0.05) is 25.9 Å². The molecule has 0 spiro atoms. The van der Waals surface area contributed by atoms with Gasteiger partial charge in [-0.3, -0.25) is 9.59 Å². The summed E-state index contributed by atoms with van der Waals surface area (Å²) in [5.41, 5.74) is 0.668. The minimum atomic E-state index is -0.161. The van der Waals surface area contributed by atoms with Gasteiger partial charge in [0.25, 0.3) is 0 Å². The van der Waals surface area contributed by atoms with Crippen LogP contribution in [0.3, 0.4) is 0 Å². The van der Waals surface area contributed by atoms with Gasteiger partial charge < -0.3 is 10.2 Å². The van der Waals surface area contributed by atoms with Crippen molar-refractivity contribution in [2.45, 2.75) is 25.7 Å². The Morgan fingerprint density at radius 1 is 1.17 bits per heavy atom. The molecule has 1 aliphatic rings. The van der Waals surface area contributed by atoms with Crippen LogP contribution in [0.2, 0.25) is 0 Å². The molecule has 1 aliphatic heterocycles. The van der Waals surface area contributed by atoms with Gasteiger partial charge in [0.1, 0.15) is 5.82 Å². The molecule has 2 aromatic heterocycles. The summed E-state index contributed by atoms with van der Waals surface area (Å²) < 4.78 is 0. The quantitative estimate of drug-likeness (QED) is 0.826. The number of amides is 1. The number of anilines is 2. The monoisotopic (exact) mass is 329 g/mol. The zero-order chi connectivity index (χ0) is 16.1. The predicted octanol–water partition coefficient (Wildman–Crippen LogP) is 3.34. The second-order valence-corrected chi connectivity index (χ2v) is 6.50. The third-order valence-corrected chi connectivity index (χ3v) is 4.75. The van der Waals surface area contributed by atoms with Crippen molar-refractivity contribution in [1.29, 1.82) is 0 Å². The molecule has 0 saturated carbocycles. The number of hydrogen-bond acceptors (Lipinski definition) is 5. The molecule has 120 valence electrons. The van der Waals surface area contributed by atoms with Crippen LogP contribution in [-0.4, -0.2) is 29.8 Å².